The van der Waals surface area contributed by atoms with Gasteiger partial charge in [-0.2, -0.15) is 0 Å². The molecular weight excluding hydrogens is 240 g/mol. The minimum absolute atomic E-state index is 0.232. The molecule has 4 N–H and O–H groups in total. The van der Waals surface area contributed by atoms with Crippen LogP contribution < -0.4 is 0 Å². The zero-order chi connectivity index (χ0) is 14.3. The van der Waals surface area contributed by atoms with Gasteiger partial charge in [0, 0.05) is 12.8 Å². The van der Waals surface area contributed by atoms with E-state index in [1.807, 2.05) is 0 Å². The van der Waals surface area contributed by atoms with Gasteiger partial charge < -0.3 is 20.4 Å². The van der Waals surface area contributed by atoms with Crippen molar-refractivity contribution >= 4 is 11.9 Å². The number of carboxylic acid groups (broad SMARTS) is 2. The van der Waals surface area contributed by atoms with Gasteiger partial charge in [0.1, 0.15) is 0 Å². The largest absolute Gasteiger partial charge is 0.478 e. The molecule has 6 heteroatoms. The molecule has 0 aromatic rings. The fourth-order valence-corrected chi connectivity index (χ4v) is 1.44. The lowest BCUT2D eigenvalue weighted by atomic mass is 9.96. The molecule has 2 atom stereocenters. The predicted octanol–water partition coefficient (Wildman–Crippen LogP) is 0.774. The van der Waals surface area contributed by atoms with Crippen LogP contribution in [0.5, 0.6) is 0 Å². The molecule has 0 aromatic heterocycles. The molecule has 0 rings (SSSR count). The zero-order valence-electron chi connectivity index (χ0n) is 10.6. The fraction of sp³-hybridized carbons (Fsp3) is 0.667. The maximum atomic E-state index is 11.1. The van der Waals surface area contributed by atoms with Gasteiger partial charge in [-0.3, -0.25) is 0 Å². The van der Waals surface area contributed by atoms with Gasteiger partial charge in [0.25, 0.3) is 0 Å². The van der Waals surface area contributed by atoms with Crippen molar-refractivity contribution in [1.29, 1.82) is 0 Å². The molecule has 0 fully saturated rings. The number of hydrogen-bond acceptors (Lipinski definition) is 4. The van der Waals surface area contributed by atoms with E-state index in [1.165, 1.54) is 0 Å². The molecule has 0 bridgehead atoms. The lowest BCUT2D eigenvalue weighted by Crippen LogP contribution is -2.20. The number of hydrogen-bond donors (Lipinski definition) is 4. The van der Waals surface area contributed by atoms with E-state index in [0.29, 0.717) is 12.8 Å². The fourth-order valence-electron chi connectivity index (χ4n) is 1.44. The van der Waals surface area contributed by atoms with E-state index in [0.717, 1.165) is 0 Å². The molecule has 0 saturated carbocycles. The molecule has 0 saturated heterocycles. The first kappa shape index (κ1) is 16.6. The first-order valence-corrected chi connectivity index (χ1v) is 5.88. The second-order valence-corrected chi connectivity index (χ2v) is 4.10. The highest BCUT2D eigenvalue weighted by molar-refractivity contribution is 5.98. The molecule has 104 valence electrons. The average Bonchev–Trinajstić information content (AvgIpc) is 2.31. The van der Waals surface area contributed by atoms with Crippen LogP contribution in [0.4, 0.5) is 0 Å². The van der Waals surface area contributed by atoms with Crippen LogP contribution in [0.1, 0.15) is 39.5 Å². The maximum Gasteiger partial charge on any atom is 0.332 e. The molecule has 0 aromatic carbocycles. The average molecular weight is 260 g/mol. The third-order valence-electron chi connectivity index (χ3n) is 2.70. The number of carbonyl (C=O) groups is 2. The lowest BCUT2D eigenvalue weighted by Gasteiger charge is -2.14. The van der Waals surface area contributed by atoms with Crippen molar-refractivity contribution in [2.45, 2.75) is 51.7 Å². The van der Waals surface area contributed by atoms with Crippen molar-refractivity contribution < 1.29 is 30.0 Å². The summed E-state index contributed by atoms with van der Waals surface area (Å²) in [6, 6.07) is 0. The molecule has 0 amide bonds. The number of aliphatic carboxylic acids is 2. The summed E-state index contributed by atoms with van der Waals surface area (Å²) in [6.07, 6.45) is -1.60. The van der Waals surface area contributed by atoms with E-state index < -0.39 is 24.1 Å². The summed E-state index contributed by atoms with van der Waals surface area (Å²) in [7, 11) is 0. The zero-order valence-corrected chi connectivity index (χ0v) is 10.6. The number of aliphatic hydroxyl groups is 2. The Morgan fingerprint density at radius 3 is 1.28 bits per heavy atom. The van der Waals surface area contributed by atoms with E-state index in [9.17, 15) is 19.8 Å². The molecule has 0 aliphatic rings. The van der Waals surface area contributed by atoms with E-state index >= 15 is 0 Å². The Balaban J connectivity index is 5.29. The Hall–Kier alpha value is -1.40. The molecule has 0 spiro atoms. The van der Waals surface area contributed by atoms with Crippen molar-refractivity contribution in [2.24, 2.45) is 0 Å². The molecule has 0 aliphatic carbocycles. The molecule has 6 nitrogen and oxygen atoms in total. The van der Waals surface area contributed by atoms with Gasteiger partial charge in [0.15, 0.2) is 0 Å². The summed E-state index contributed by atoms with van der Waals surface area (Å²) in [5.74, 6) is -2.74. The van der Waals surface area contributed by atoms with Crippen molar-refractivity contribution in [3.05, 3.63) is 11.1 Å². The second-order valence-electron chi connectivity index (χ2n) is 4.10. The quantitative estimate of drug-likeness (QED) is 0.479. The smallest absolute Gasteiger partial charge is 0.332 e. The third kappa shape index (κ3) is 5.29. The first-order valence-electron chi connectivity index (χ1n) is 5.88. The molecule has 18 heavy (non-hydrogen) atoms. The normalized spacial score (nSPS) is 15.8. The van der Waals surface area contributed by atoms with Crippen LogP contribution in [0, 0.1) is 0 Å². The van der Waals surface area contributed by atoms with Crippen LogP contribution in [0.15, 0.2) is 11.1 Å². The highest BCUT2D eigenvalue weighted by Crippen LogP contribution is 2.19. The summed E-state index contributed by atoms with van der Waals surface area (Å²) in [5.41, 5.74) is -0.686. The lowest BCUT2D eigenvalue weighted by molar-refractivity contribution is -0.136. The summed E-state index contributed by atoms with van der Waals surface area (Å²) in [6.45, 7) is 3.34. The molecular formula is C12H20O6. The second kappa shape index (κ2) is 7.84. The van der Waals surface area contributed by atoms with Crippen LogP contribution in [-0.4, -0.2) is 44.6 Å². The number of rotatable bonds is 8. The summed E-state index contributed by atoms with van der Waals surface area (Å²) < 4.78 is 0. The van der Waals surface area contributed by atoms with Crippen LogP contribution in [-0.2, 0) is 9.59 Å². The van der Waals surface area contributed by atoms with Crippen LogP contribution in [0.2, 0.25) is 0 Å². The van der Waals surface area contributed by atoms with Gasteiger partial charge in [-0.1, -0.05) is 13.8 Å². The Morgan fingerprint density at radius 1 is 0.833 bits per heavy atom. The van der Waals surface area contributed by atoms with Crippen molar-refractivity contribution in [3.8, 4) is 0 Å². The Kier molecular flexibility index (Phi) is 7.23. The monoisotopic (exact) mass is 260 g/mol. The van der Waals surface area contributed by atoms with Gasteiger partial charge in [0.05, 0.1) is 23.4 Å². The van der Waals surface area contributed by atoms with E-state index in [-0.39, 0.29) is 24.0 Å². The molecule has 0 heterocycles. The molecule has 0 radical (unpaired) electrons. The van der Waals surface area contributed by atoms with Crippen molar-refractivity contribution in [3.63, 3.8) is 0 Å². The van der Waals surface area contributed by atoms with Gasteiger partial charge >= 0.3 is 11.9 Å². The van der Waals surface area contributed by atoms with E-state index in [2.05, 4.69) is 0 Å². The minimum Gasteiger partial charge on any atom is -0.478 e. The third-order valence-corrected chi connectivity index (χ3v) is 2.70. The number of aliphatic hydroxyl groups excluding tert-OH is 2. The topological polar surface area (TPSA) is 115 Å². The highest BCUT2D eigenvalue weighted by Gasteiger charge is 2.23. The number of carboxylic acids is 2. The molecule has 0 aliphatic heterocycles. The van der Waals surface area contributed by atoms with Gasteiger partial charge in [-0.15, -0.1) is 0 Å². The molecule has 2 unspecified atom stereocenters. The van der Waals surface area contributed by atoms with E-state index in [4.69, 9.17) is 10.2 Å². The Labute approximate surface area is 106 Å². The Bertz CT molecular complexity index is 301. The van der Waals surface area contributed by atoms with Crippen LogP contribution >= 0.6 is 0 Å². The summed E-state index contributed by atoms with van der Waals surface area (Å²) in [4.78, 5) is 22.1. The highest BCUT2D eigenvalue weighted by atomic mass is 16.4. The van der Waals surface area contributed by atoms with Crippen molar-refractivity contribution in [1.82, 2.24) is 0 Å². The van der Waals surface area contributed by atoms with Gasteiger partial charge in [-0.25, -0.2) is 9.59 Å². The van der Waals surface area contributed by atoms with Crippen LogP contribution in [0.3, 0.4) is 0 Å². The van der Waals surface area contributed by atoms with Gasteiger partial charge in [-0.05, 0) is 12.8 Å². The SMILES string of the molecule is CCC(O)CC(C(=O)O)=C(CC(O)CC)C(=O)O. The maximum absolute atomic E-state index is 11.1. The van der Waals surface area contributed by atoms with Gasteiger partial charge in [0.2, 0.25) is 0 Å². The Morgan fingerprint density at radius 2 is 1.11 bits per heavy atom. The van der Waals surface area contributed by atoms with E-state index in [1.54, 1.807) is 13.8 Å². The standard InChI is InChI=1S/C12H20O6/c1-3-7(13)5-9(11(15)16)10(12(17)18)6-8(14)4-2/h7-8,13-14H,3-6H2,1-2H3,(H,15,16)(H,17,18). The summed E-state index contributed by atoms with van der Waals surface area (Å²) in [5, 5.41) is 36.9. The van der Waals surface area contributed by atoms with Crippen molar-refractivity contribution in [2.75, 3.05) is 0 Å². The van der Waals surface area contributed by atoms with Crippen LogP contribution in [0.25, 0.3) is 0 Å². The summed E-state index contributed by atoms with van der Waals surface area (Å²) >= 11 is 0. The first-order chi connectivity index (χ1) is 8.33. The minimum atomic E-state index is -1.37. The predicted molar refractivity (Wildman–Crippen MR) is 64.1 cm³/mol.